The van der Waals surface area contributed by atoms with Crippen LogP contribution in [-0.4, -0.2) is 26.7 Å². The van der Waals surface area contributed by atoms with Gasteiger partial charge in [0.15, 0.2) is 0 Å². The molecule has 1 aliphatic rings. The highest BCUT2D eigenvalue weighted by Crippen LogP contribution is 2.35. The number of thioether (sulfide) groups is 1. The third-order valence-corrected chi connectivity index (χ3v) is 4.95. The van der Waals surface area contributed by atoms with E-state index in [9.17, 15) is 9.59 Å². The fourth-order valence-corrected chi connectivity index (χ4v) is 3.59. The lowest BCUT2D eigenvalue weighted by Crippen LogP contribution is -2.36. The van der Waals surface area contributed by atoms with Crippen LogP contribution in [0, 0.1) is 0 Å². The van der Waals surface area contributed by atoms with Crippen LogP contribution in [0.25, 0.3) is 17.0 Å². The number of amides is 2. The Bertz CT molecular complexity index is 791. The molecule has 2 aromatic rings. The summed E-state index contributed by atoms with van der Waals surface area (Å²) in [4.78, 5) is 26.4. The second-order valence-corrected chi connectivity index (χ2v) is 6.51. The lowest BCUT2D eigenvalue weighted by Gasteiger charge is -2.19. The largest absolute Gasteiger partial charge is 0.350 e. The number of rotatable bonds is 3. The van der Waals surface area contributed by atoms with Gasteiger partial charge >= 0.3 is 0 Å². The first-order chi connectivity index (χ1) is 10.5. The van der Waals surface area contributed by atoms with Gasteiger partial charge in [-0.15, -0.1) is 0 Å². The number of fused-ring (bicyclic) bond motifs is 1. The SMILES string of the molecule is CCC(C)N1C(=O)SC(=Cc2cn(C)c3ccccc23)C1=O. The molecule has 4 nitrogen and oxygen atoms in total. The highest BCUT2D eigenvalue weighted by molar-refractivity contribution is 8.18. The molecule has 22 heavy (non-hydrogen) atoms. The topological polar surface area (TPSA) is 42.3 Å². The van der Waals surface area contributed by atoms with Crippen LogP contribution in [0.15, 0.2) is 35.4 Å². The molecule has 0 spiro atoms. The average Bonchev–Trinajstić information content (AvgIpc) is 2.97. The van der Waals surface area contributed by atoms with Crippen LogP contribution < -0.4 is 0 Å². The Morgan fingerprint density at radius 3 is 2.73 bits per heavy atom. The van der Waals surface area contributed by atoms with Crippen LogP contribution in [0.3, 0.4) is 0 Å². The monoisotopic (exact) mass is 314 g/mol. The number of aromatic nitrogens is 1. The third kappa shape index (κ3) is 2.35. The van der Waals surface area contributed by atoms with Crippen LogP contribution in [0.1, 0.15) is 25.8 Å². The van der Waals surface area contributed by atoms with Crippen molar-refractivity contribution in [3.05, 3.63) is 40.9 Å². The van der Waals surface area contributed by atoms with E-state index >= 15 is 0 Å². The quantitative estimate of drug-likeness (QED) is 0.804. The van der Waals surface area contributed by atoms with Crippen LogP contribution in [0.5, 0.6) is 0 Å². The number of nitrogens with zero attached hydrogens (tertiary/aromatic N) is 2. The third-order valence-electron chi connectivity index (χ3n) is 4.07. The fourth-order valence-electron chi connectivity index (χ4n) is 2.67. The van der Waals surface area contributed by atoms with Crippen molar-refractivity contribution in [3.8, 4) is 0 Å². The van der Waals surface area contributed by atoms with Crippen molar-refractivity contribution in [2.24, 2.45) is 7.05 Å². The molecule has 1 aromatic carbocycles. The number of carbonyl (C=O) groups excluding carboxylic acids is 2. The van der Waals surface area contributed by atoms with Gasteiger partial charge in [-0.25, -0.2) is 0 Å². The van der Waals surface area contributed by atoms with Gasteiger partial charge in [-0.1, -0.05) is 25.1 Å². The van der Waals surface area contributed by atoms with Crippen molar-refractivity contribution in [3.63, 3.8) is 0 Å². The molecule has 2 heterocycles. The van der Waals surface area contributed by atoms with Crippen molar-refractivity contribution in [1.82, 2.24) is 9.47 Å². The summed E-state index contributed by atoms with van der Waals surface area (Å²) in [7, 11) is 1.98. The zero-order valence-corrected chi connectivity index (χ0v) is 13.7. The number of imide groups is 1. The first-order valence-electron chi connectivity index (χ1n) is 7.34. The van der Waals surface area contributed by atoms with Crippen molar-refractivity contribution >= 4 is 39.9 Å². The molecular weight excluding hydrogens is 296 g/mol. The minimum atomic E-state index is -0.183. The van der Waals surface area contributed by atoms with Gasteiger partial charge in [0.1, 0.15) is 0 Å². The zero-order valence-electron chi connectivity index (χ0n) is 12.9. The van der Waals surface area contributed by atoms with E-state index in [0.29, 0.717) is 4.91 Å². The van der Waals surface area contributed by atoms with E-state index in [0.717, 1.165) is 34.6 Å². The van der Waals surface area contributed by atoms with E-state index in [-0.39, 0.29) is 17.2 Å². The van der Waals surface area contributed by atoms with Crippen LogP contribution in [-0.2, 0) is 11.8 Å². The van der Waals surface area contributed by atoms with E-state index in [1.807, 2.05) is 62.0 Å². The Hall–Kier alpha value is -2.01. The summed E-state index contributed by atoms with van der Waals surface area (Å²) in [6.07, 6.45) is 4.58. The molecule has 1 atom stereocenters. The summed E-state index contributed by atoms with van der Waals surface area (Å²) in [5, 5.41) is 0.908. The summed E-state index contributed by atoms with van der Waals surface area (Å²) in [6, 6.07) is 7.97. The summed E-state index contributed by atoms with van der Waals surface area (Å²) in [5.74, 6) is -0.183. The molecule has 0 saturated carbocycles. The Morgan fingerprint density at radius 1 is 1.27 bits per heavy atom. The van der Waals surface area contributed by atoms with Crippen molar-refractivity contribution in [1.29, 1.82) is 0 Å². The zero-order chi connectivity index (χ0) is 15.9. The smallest absolute Gasteiger partial charge is 0.293 e. The summed E-state index contributed by atoms with van der Waals surface area (Å²) < 4.78 is 2.03. The maximum atomic E-state index is 12.5. The number of hydrogen-bond acceptors (Lipinski definition) is 3. The second-order valence-electron chi connectivity index (χ2n) is 5.52. The Kier molecular flexibility index (Phi) is 3.83. The Morgan fingerprint density at radius 2 is 2.00 bits per heavy atom. The van der Waals surface area contributed by atoms with Crippen molar-refractivity contribution in [2.45, 2.75) is 26.3 Å². The van der Waals surface area contributed by atoms with Gasteiger partial charge in [0.05, 0.1) is 4.91 Å². The maximum Gasteiger partial charge on any atom is 0.293 e. The molecule has 0 N–H and O–H groups in total. The average molecular weight is 314 g/mol. The van der Waals surface area contributed by atoms with Gasteiger partial charge in [-0.05, 0) is 37.2 Å². The molecule has 1 unspecified atom stereocenters. The van der Waals surface area contributed by atoms with Crippen LogP contribution in [0.4, 0.5) is 4.79 Å². The maximum absolute atomic E-state index is 12.5. The molecule has 1 fully saturated rings. The minimum absolute atomic E-state index is 0.0640. The lowest BCUT2D eigenvalue weighted by molar-refractivity contribution is -0.124. The fraction of sp³-hybridized carbons (Fsp3) is 0.294. The lowest BCUT2D eigenvalue weighted by atomic mass is 10.1. The van der Waals surface area contributed by atoms with Gasteiger partial charge in [0.25, 0.3) is 11.1 Å². The van der Waals surface area contributed by atoms with E-state index in [2.05, 4.69) is 0 Å². The molecule has 0 aliphatic carbocycles. The molecular formula is C17H18N2O2S. The summed E-state index contributed by atoms with van der Waals surface area (Å²) in [6.45, 7) is 3.87. The van der Waals surface area contributed by atoms with Crippen molar-refractivity contribution in [2.75, 3.05) is 0 Å². The van der Waals surface area contributed by atoms with Gasteiger partial charge in [0, 0.05) is 35.8 Å². The second kappa shape index (κ2) is 5.65. The molecule has 0 bridgehead atoms. The van der Waals surface area contributed by atoms with Gasteiger partial charge in [-0.3, -0.25) is 14.5 Å². The molecule has 114 valence electrons. The number of aryl methyl sites for hydroxylation is 1. The van der Waals surface area contributed by atoms with Crippen LogP contribution >= 0.6 is 11.8 Å². The number of hydrogen-bond donors (Lipinski definition) is 0. The molecule has 1 aromatic heterocycles. The van der Waals surface area contributed by atoms with E-state index < -0.39 is 0 Å². The van der Waals surface area contributed by atoms with E-state index in [1.54, 1.807) is 0 Å². The van der Waals surface area contributed by atoms with Crippen LogP contribution in [0.2, 0.25) is 0 Å². The predicted molar refractivity (Wildman–Crippen MR) is 90.5 cm³/mol. The Balaban J connectivity index is 2.02. The minimum Gasteiger partial charge on any atom is -0.350 e. The van der Waals surface area contributed by atoms with E-state index in [4.69, 9.17) is 0 Å². The molecule has 3 rings (SSSR count). The molecule has 2 amide bonds. The van der Waals surface area contributed by atoms with Crippen molar-refractivity contribution < 1.29 is 9.59 Å². The number of benzene rings is 1. The van der Waals surface area contributed by atoms with Gasteiger partial charge in [-0.2, -0.15) is 0 Å². The molecule has 5 heteroatoms. The summed E-state index contributed by atoms with van der Waals surface area (Å²) >= 11 is 1.03. The highest BCUT2D eigenvalue weighted by Gasteiger charge is 2.37. The van der Waals surface area contributed by atoms with Gasteiger partial charge in [0.2, 0.25) is 0 Å². The van der Waals surface area contributed by atoms with E-state index in [1.165, 1.54) is 4.90 Å². The first-order valence-corrected chi connectivity index (χ1v) is 8.15. The normalized spacial score (nSPS) is 18.7. The Labute approximate surface area is 133 Å². The molecule has 0 radical (unpaired) electrons. The van der Waals surface area contributed by atoms with Gasteiger partial charge < -0.3 is 4.57 Å². The number of carbonyl (C=O) groups is 2. The number of para-hydroxylation sites is 1. The highest BCUT2D eigenvalue weighted by atomic mass is 32.2. The molecule has 1 saturated heterocycles. The first kappa shape index (κ1) is 14.9. The molecule has 1 aliphatic heterocycles. The predicted octanol–water partition coefficient (Wildman–Crippen LogP) is 4.01. The summed E-state index contributed by atoms with van der Waals surface area (Å²) in [5.41, 5.74) is 2.07. The standard InChI is InChI=1S/C17H18N2O2S/c1-4-11(2)19-16(20)15(22-17(19)21)9-12-10-18(3)14-8-6-5-7-13(12)14/h5-11H,4H2,1-3H3.